The molecule has 0 aliphatic carbocycles. The van der Waals surface area contributed by atoms with Crippen molar-refractivity contribution in [3.63, 3.8) is 0 Å². The summed E-state index contributed by atoms with van der Waals surface area (Å²) in [5, 5.41) is 18.0. The number of fused-ring (bicyclic) bond motifs is 1. The van der Waals surface area contributed by atoms with Crippen molar-refractivity contribution in [1.29, 1.82) is 0 Å². The van der Waals surface area contributed by atoms with E-state index in [2.05, 4.69) is 20.4 Å². The molecule has 1 saturated heterocycles. The Balaban J connectivity index is 1.57. The second-order valence-corrected chi connectivity index (χ2v) is 8.16. The van der Waals surface area contributed by atoms with Crippen LogP contribution in [0.25, 0.3) is 0 Å². The molecule has 3 aliphatic heterocycles. The molecule has 0 aromatic carbocycles. The first-order valence-corrected chi connectivity index (χ1v) is 10.2. The van der Waals surface area contributed by atoms with Gasteiger partial charge in [-0.15, -0.1) is 11.3 Å². The number of nitrogens with one attached hydrogen (secondary N) is 1. The number of aliphatic carboxylic acids is 1. The molecule has 1 unspecified atom stereocenters. The van der Waals surface area contributed by atoms with Gasteiger partial charge in [0.2, 0.25) is 0 Å². The largest absolute Gasteiger partial charge is 0.476 e. The molecule has 2 amide bonds. The molecule has 162 valence electrons. The van der Waals surface area contributed by atoms with E-state index in [1.165, 1.54) is 12.0 Å². The van der Waals surface area contributed by atoms with Crippen LogP contribution < -0.4 is 11.1 Å². The number of anilines is 1. The Kier molecular flexibility index (Phi) is 5.07. The van der Waals surface area contributed by atoms with Gasteiger partial charge in [0, 0.05) is 11.8 Å². The number of oxime groups is 1. The highest BCUT2D eigenvalue weighted by Crippen LogP contribution is 2.40. The molecule has 1 fully saturated rings. The summed E-state index contributed by atoms with van der Waals surface area (Å²) in [6.07, 6.45) is 5.85. The molecule has 31 heavy (non-hydrogen) atoms. The number of hydrogen-bond acceptors (Lipinski definition) is 9. The molecule has 0 bridgehead atoms. The van der Waals surface area contributed by atoms with E-state index in [0.29, 0.717) is 18.5 Å². The number of hydrogen-bond donors (Lipinski definition) is 3. The van der Waals surface area contributed by atoms with E-state index < -0.39 is 29.9 Å². The number of carboxylic acids is 1. The molecule has 3 atom stereocenters. The van der Waals surface area contributed by atoms with Gasteiger partial charge in [-0.2, -0.15) is 0 Å². The van der Waals surface area contributed by atoms with Crippen LogP contribution >= 0.6 is 11.3 Å². The fraction of sp³-hybridized carbons (Fsp3) is 0.333. The molecule has 4 rings (SSSR count). The monoisotopic (exact) mass is 446 g/mol. The van der Waals surface area contributed by atoms with Crippen LogP contribution in [0.3, 0.4) is 0 Å². The van der Waals surface area contributed by atoms with Gasteiger partial charge in [-0.3, -0.25) is 14.5 Å². The van der Waals surface area contributed by atoms with Crippen LogP contribution in [-0.4, -0.2) is 75.5 Å². The van der Waals surface area contributed by atoms with Crippen molar-refractivity contribution < 1.29 is 28.8 Å². The van der Waals surface area contributed by atoms with Crippen LogP contribution in [0.4, 0.5) is 5.13 Å². The number of thiazole rings is 1. The molecule has 13 heteroatoms. The molecular weight excluding hydrogens is 426 g/mol. The number of carbonyl (C=O) groups is 3. The maximum atomic E-state index is 12.9. The number of β-lactam (4-membered cyclic amide) rings is 1. The first-order chi connectivity index (χ1) is 14.8. The van der Waals surface area contributed by atoms with Gasteiger partial charge in [-0.1, -0.05) is 5.16 Å². The van der Waals surface area contributed by atoms with Crippen molar-refractivity contribution in [3.05, 3.63) is 34.9 Å². The van der Waals surface area contributed by atoms with E-state index in [9.17, 15) is 19.5 Å². The summed E-state index contributed by atoms with van der Waals surface area (Å²) in [7, 11) is 3.08. The third-order valence-electron chi connectivity index (χ3n) is 5.41. The topological polar surface area (TPSA) is 160 Å². The van der Waals surface area contributed by atoms with E-state index in [1.807, 2.05) is 0 Å². The number of amides is 2. The summed E-state index contributed by atoms with van der Waals surface area (Å²) in [6, 6.07) is -1.36. The Morgan fingerprint density at radius 3 is 2.84 bits per heavy atom. The number of aromatic nitrogens is 1. The van der Waals surface area contributed by atoms with Crippen LogP contribution in [0, 0.1) is 0 Å². The normalized spacial score (nSPS) is 27.2. The summed E-state index contributed by atoms with van der Waals surface area (Å²) >= 11 is 1.13. The number of carbonyl (C=O) groups excluding carboxylic acids is 2. The average molecular weight is 446 g/mol. The fourth-order valence-corrected chi connectivity index (χ4v) is 4.51. The van der Waals surface area contributed by atoms with Crippen LogP contribution in [0.15, 0.2) is 39.3 Å². The summed E-state index contributed by atoms with van der Waals surface area (Å²) < 4.78 is 0.0883. The lowest BCUT2D eigenvalue weighted by Crippen LogP contribution is -2.72. The lowest BCUT2D eigenvalue weighted by Gasteiger charge is -2.50. The molecule has 1 aromatic heterocycles. The van der Waals surface area contributed by atoms with Gasteiger partial charge in [-0.25, -0.2) is 19.3 Å². The van der Waals surface area contributed by atoms with Crippen LogP contribution in [0.1, 0.15) is 18.5 Å². The van der Waals surface area contributed by atoms with E-state index in [1.54, 1.807) is 31.2 Å². The van der Waals surface area contributed by atoms with Crippen LogP contribution in [0.2, 0.25) is 0 Å². The van der Waals surface area contributed by atoms with E-state index in [-0.39, 0.29) is 26.7 Å². The second-order valence-electron chi connectivity index (χ2n) is 7.27. The van der Waals surface area contributed by atoms with E-state index in [4.69, 9.17) is 10.6 Å². The third-order valence-corrected chi connectivity index (χ3v) is 6.09. The number of nitrogens with two attached hydrogens (primary N) is 1. The summed E-state index contributed by atoms with van der Waals surface area (Å²) in [4.78, 5) is 51.7. The van der Waals surface area contributed by atoms with Gasteiger partial charge in [0.15, 0.2) is 28.6 Å². The van der Waals surface area contributed by atoms with Crippen molar-refractivity contribution in [2.75, 3.05) is 19.9 Å². The highest BCUT2D eigenvalue weighted by molar-refractivity contribution is 7.13. The smallest absolute Gasteiger partial charge is 0.358 e. The number of nitrogens with zero attached hydrogens (tertiary/aromatic N) is 5. The summed E-state index contributed by atoms with van der Waals surface area (Å²) in [6.45, 7) is 0. The average Bonchev–Trinajstić information content (AvgIpc) is 3.37. The molecule has 0 spiro atoms. The maximum Gasteiger partial charge on any atom is 0.358 e. The number of allylic oxidation sites excluding steroid dienone is 1. The Labute approximate surface area is 180 Å². The van der Waals surface area contributed by atoms with Crippen LogP contribution in [-0.2, 0) is 19.2 Å². The van der Waals surface area contributed by atoms with Gasteiger partial charge in [0.1, 0.15) is 25.0 Å². The number of quaternary nitrogens is 1. The third kappa shape index (κ3) is 3.37. The molecule has 12 nitrogen and oxygen atoms in total. The molecule has 1 aromatic rings. The Morgan fingerprint density at radius 2 is 2.26 bits per heavy atom. The van der Waals surface area contributed by atoms with Crippen molar-refractivity contribution in [3.8, 4) is 0 Å². The SMILES string of the molecule is CO/N=C(/C(=O)N[C@@H]1C(=O)N2C(C(=O)O)=C([N+]3(C)C=CN=C3)CC[C@H]12)c1csc(N)n1. The van der Waals surface area contributed by atoms with Crippen molar-refractivity contribution in [2.24, 2.45) is 10.1 Å². The van der Waals surface area contributed by atoms with Gasteiger partial charge in [-0.05, 0) is 6.42 Å². The Hall–Kier alpha value is -3.58. The first-order valence-electron chi connectivity index (χ1n) is 9.28. The van der Waals surface area contributed by atoms with Gasteiger partial charge >= 0.3 is 5.97 Å². The molecule has 0 saturated carbocycles. The molecule has 4 heterocycles. The molecule has 4 N–H and O–H groups in total. The zero-order chi connectivity index (χ0) is 22.3. The lowest BCUT2D eigenvalue weighted by atomic mass is 9.84. The van der Waals surface area contributed by atoms with Gasteiger partial charge < -0.3 is 21.0 Å². The lowest BCUT2D eigenvalue weighted by molar-refractivity contribution is -0.716. The minimum absolute atomic E-state index is 0.0784. The second kappa shape index (κ2) is 7.59. The minimum atomic E-state index is -1.20. The number of nitrogen functional groups attached to an aromatic ring is 1. The predicted octanol–water partition coefficient (Wildman–Crippen LogP) is -0.179. The number of rotatable bonds is 6. The molecule has 0 radical (unpaired) electrons. The van der Waals surface area contributed by atoms with Crippen molar-refractivity contribution >= 4 is 46.3 Å². The first kappa shape index (κ1) is 20.7. The Morgan fingerprint density at radius 1 is 1.48 bits per heavy atom. The zero-order valence-electron chi connectivity index (χ0n) is 16.7. The van der Waals surface area contributed by atoms with E-state index >= 15 is 0 Å². The standard InChI is InChI=1S/C18H19N7O5S/c1-25(6-5-20-8-25)11-4-3-10-13(16(27)24(10)14(11)17(28)29)22-15(26)12(23-30-2)9-7-31-18(19)21-9/h5-8,10,13H,3-4H2,1-2H3,(H3-,19,21,22,26,28,29)/p+1/b23-12+/t10-,13+,25?/m1/s1. The van der Waals surface area contributed by atoms with Crippen LogP contribution in [0.5, 0.6) is 0 Å². The van der Waals surface area contributed by atoms with Crippen molar-refractivity contribution in [2.45, 2.75) is 24.9 Å². The zero-order valence-corrected chi connectivity index (χ0v) is 17.5. The highest BCUT2D eigenvalue weighted by atomic mass is 32.1. The number of aliphatic imine (C=N–C) groups is 1. The quantitative estimate of drug-likeness (QED) is 0.236. The van der Waals surface area contributed by atoms with Crippen molar-refractivity contribution in [1.82, 2.24) is 15.2 Å². The number of carboxylic acid groups (broad SMARTS) is 1. The van der Waals surface area contributed by atoms with E-state index in [0.717, 1.165) is 11.3 Å². The highest BCUT2D eigenvalue weighted by Gasteiger charge is 2.56. The summed E-state index contributed by atoms with van der Waals surface area (Å²) in [5.41, 5.74) is 6.20. The predicted molar refractivity (Wildman–Crippen MR) is 110 cm³/mol. The Bertz CT molecular complexity index is 1080. The minimum Gasteiger partial charge on any atom is -0.476 e. The maximum absolute atomic E-state index is 12.9. The molecule has 3 aliphatic rings. The van der Waals surface area contributed by atoms with Gasteiger partial charge in [0.05, 0.1) is 19.3 Å². The summed E-state index contributed by atoms with van der Waals surface area (Å²) in [5.74, 6) is -2.37. The van der Waals surface area contributed by atoms with Gasteiger partial charge in [0.25, 0.3) is 11.8 Å². The fourth-order valence-electron chi connectivity index (χ4n) is 3.97. The molecular formula is C18H20N7O5S+.